The molecule has 0 bridgehead atoms. The molecule has 0 saturated carbocycles. The molecule has 7 aromatic rings. The number of rotatable bonds is 23. The van der Waals surface area contributed by atoms with Crippen LogP contribution in [0.3, 0.4) is 0 Å². The maximum absolute atomic E-state index is 15.5. The minimum atomic E-state index is -1.91. The van der Waals surface area contributed by atoms with Gasteiger partial charge in [-0.3, -0.25) is 81.7 Å². The molecule has 0 unspecified atom stereocenters. The average molecular weight is 1800 g/mol. The molecule has 1 fully saturated rings. The summed E-state index contributed by atoms with van der Waals surface area (Å²) in [6.45, 7) is 6.15. The number of carboxylic acid groups (broad SMARTS) is 1. The molecule has 15 amide bonds. The largest absolute Gasteiger partial charge is 0.508 e. The number of para-hydroxylation sites is 1. The van der Waals surface area contributed by atoms with E-state index in [1.807, 2.05) is 6.92 Å². The van der Waals surface area contributed by atoms with Crippen LogP contribution in [0.4, 0.5) is 0 Å². The number of primary amides is 1. The Bertz CT molecular complexity index is 5070. The highest BCUT2D eigenvalue weighted by Crippen LogP contribution is 2.25. The van der Waals surface area contributed by atoms with E-state index >= 15 is 33.6 Å². The Kier molecular flexibility index (Phi) is 38.1. The first kappa shape index (κ1) is 101. The number of H-pyrrole nitrogens is 1. The summed E-state index contributed by atoms with van der Waals surface area (Å²) in [5.74, 6) is -17.6. The van der Waals surface area contributed by atoms with Gasteiger partial charge in [0.25, 0.3) is 0 Å². The highest BCUT2D eigenvalue weighted by atomic mass is 32.2. The molecule has 690 valence electrons. The number of hydrogen-bond donors (Lipinski definition) is 14. The summed E-state index contributed by atoms with van der Waals surface area (Å²) in [6.07, 6.45) is 2.94. The topological polar surface area (TPSA) is 513 Å². The van der Waals surface area contributed by atoms with E-state index in [0.717, 1.165) is 36.3 Å². The van der Waals surface area contributed by atoms with Gasteiger partial charge in [-0.25, -0.2) is 0 Å². The van der Waals surface area contributed by atoms with Crippen molar-refractivity contribution in [3.05, 3.63) is 198 Å². The molecule has 15 N–H and O–H groups in total. The molecule has 0 aliphatic carbocycles. The Balaban J connectivity index is 1.21. The van der Waals surface area contributed by atoms with Gasteiger partial charge in [0.1, 0.15) is 78.0 Å². The standard InChI is InChI=1S/C92H117N17O19S/c1-11-12-29-73-90(126)106(7)51-78(114)98-69(46-80(116)117)86(122)104-81(55(4)5)92(128)108(9)74(43-56-22-15-13-16-23-56)87(123)102-70(41-59-32-36-63(111)37-33-59)88(124)105(6)50-77(113)97-68(45-61-48-95-65-28-20-19-27-64(61)65)85(121)101-67(40-58-30-34-62(110)35-31-58)84(120)100-66(39-54(2)3)83(119)103-72(82(118)96-49-76(93)112)52-129-53-79(115)99-71(42-60-26-21-38-94-47-60)89(125)109(10)75(91(127)107(73)8)44-57-24-17-14-18-25-57/h13-28,30-38,47-48,54-55,66-75,81,95,110-111H,11-12,29,39-46,49-53H2,1-10H3,(H2,93,112)(H,96,118)(H,97,113)(H,98,114)(H,99,115)(H,100,120)(H,101,121)(H,102,123)(H,103,119)(H,104,122)(H,116,117)/t66-,67-,68-,69-,70-,71-,72-,73-,74-,75-,81-/m0/s1. The molecule has 1 saturated heterocycles. The Labute approximate surface area is 752 Å². The van der Waals surface area contributed by atoms with Crippen molar-refractivity contribution >= 4 is 117 Å². The average Bonchev–Trinajstić information content (AvgIpc) is 1.50. The lowest BCUT2D eigenvalue weighted by atomic mass is 9.98. The number of carbonyl (C=O) groups is 16. The molecule has 1 aliphatic heterocycles. The van der Waals surface area contributed by atoms with Crippen molar-refractivity contribution in [2.45, 2.75) is 172 Å². The van der Waals surface area contributed by atoms with Gasteiger partial charge in [0.2, 0.25) is 88.6 Å². The molecule has 1 aliphatic rings. The van der Waals surface area contributed by atoms with Crippen LogP contribution in [0.15, 0.2) is 164 Å². The summed E-state index contributed by atoms with van der Waals surface area (Å²) in [7, 11) is 6.50. The number of amides is 15. The maximum atomic E-state index is 15.5. The number of pyridine rings is 1. The number of phenols is 2. The number of unbranched alkanes of at least 4 members (excludes halogenated alkanes) is 1. The van der Waals surface area contributed by atoms with Gasteiger partial charge in [-0.15, -0.1) is 11.8 Å². The van der Waals surface area contributed by atoms with Crippen molar-refractivity contribution in [2.75, 3.05) is 66.4 Å². The lowest BCUT2D eigenvalue weighted by molar-refractivity contribution is -0.151. The van der Waals surface area contributed by atoms with Crippen molar-refractivity contribution < 1.29 is 92.0 Å². The Morgan fingerprint density at radius 3 is 1.53 bits per heavy atom. The van der Waals surface area contributed by atoms with E-state index in [9.17, 15) is 58.5 Å². The molecule has 3 heterocycles. The van der Waals surface area contributed by atoms with Crippen LogP contribution in [0, 0.1) is 11.8 Å². The highest BCUT2D eigenvalue weighted by molar-refractivity contribution is 8.00. The molecule has 36 nitrogen and oxygen atoms in total. The van der Waals surface area contributed by atoms with Gasteiger partial charge in [0.05, 0.1) is 31.8 Å². The second-order valence-electron chi connectivity index (χ2n) is 32.9. The van der Waals surface area contributed by atoms with Crippen molar-refractivity contribution in [3.63, 3.8) is 0 Å². The second kappa shape index (κ2) is 48.8. The van der Waals surface area contributed by atoms with E-state index < -0.39 is 205 Å². The van der Waals surface area contributed by atoms with Crippen LogP contribution in [0.2, 0.25) is 0 Å². The SMILES string of the molecule is CCCC[C@H]1C(=O)N(C)CC(=O)N[C@@H](CC(=O)O)C(=O)N[C@@H](C(C)C)C(=O)N(C)[C@@H](Cc2ccccc2)C(=O)N[C@@H](Cc2ccc(O)cc2)C(=O)N(C)CC(=O)N[C@@H](Cc2c[nH]c3ccccc23)C(=O)N[C@@H](Cc2ccc(O)cc2)C(=O)N[C@@H](CC(C)C)C(=O)N[C@H](C(=O)NCC(N)=O)CSCC(=O)N[C@@H](Cc2cccnc2)C(=O)N(C)[C@@H](Cc2ccccc2)C(=O)N1C. The van der Waals surface area contributed by atoms with Gasteiger partial charge >= 0.3 is 5.97 Å². The Morgan fingerprint density at radius 2 is 0.969 bits per heavy atom. The van der Waals surface area contributed by atoms with Crippen LogP contribution in [0.25, 0.3) is 10.9 Å². The third-order valence-electron chi connectivity index (χ3n) is 21.9. The van der Waals surface area contributed by atoms with Crippen molar-refractivity contribution in [1.82, 2.24) is 82.3 Å². The van der Waals surface area contributed by atoms with E-state index in [2.05, 4.69) is 57.8 Å². The van der Waals surface area contributed by atoms with E-state index in [0.29, 0.717) is 57.1 Å². The Morgan fingerprint density at radius 1 is 0.488 bits per heavy atom. The molecule has 129 heavy (non-hydrogen) atoms. The normalized spacial score (nSPS) is 21.9. The minimum absolute atomic E-state index is 0.0230. The monoisotopic (exact) mass is 1800 g/mol. The zero-order chi connectivity index (χ0) is 94.3. The number of aliphatic carboxylic acids is 1. The van der Waals surface area contributed by atoms with Crippen LogP contribution >= 0.6 is 11.8 Å². The van der Waals surface area contributed by atoms with Gasteiger partial charge in [-0.1, -0.05) is 157 Å². The number of nitrogens with one attached hydrogen (secondary N) is 10. The number of nitrogens with two attached hydrogens (primary N) is 1. The molecule has 5 aromatic carbocycles. The number of aromatic hydroxyl groups is 2. The predicted molar refractivity (Wildman–Crippen MR) is 480 cm³/mol. The maximum Gasteiger partial charge on any atom is 0.305 e. The molecule has 2 aromatic heterocycles. The number of aromatic nitrogens is 2. The number of thioether (sulfide) groups is 1. The number of hydrogen-bond acceptors (Lipinski definition) is 20. The number of nitrogens with zero attached hydrogens (tertiary/aromatic N) is 6. The van der Waals surface area contributed by atoms with Crippen molar-refractivity contribution in [3.8, 4) is 11.5 Å². The lowest BCUT2D eigenvalue weighted by Crippen LogP contribution is -2.61. The molecular formula is C92H117N17O19S. The van der Waals surface area contributed by atoms with Gasteiger partial charge in [0.15, 0.2) is 0 Å². The van der Waals surface area contributed by atoms with Crippen molar-refractivity contribution in [1.29, 1.82) is 0 Å². The molecule has 0 spiro atoms. The molecule has 8 rings (SSSR count). The van der Waals surface area contributed by atoms with E-state index in [1.54, 1.807) is 131 Å². The quantitative estimate of drug-likeness (QED) is 0.0433. The smallest absolute Gasteiger partial charge is 0.305 e. The summed E-state index contributed by atoms with van der Waals surface area (Å²) < 4.78 is 0. The highest BCUT2D eigenvalue weighted by Gasteiger charge is 2.42. The number of phenolic OH excluding ortho intramolecular Hbond substituents is 2. The van der Waals surface area contributed by atoms with Crippen LogP contribution in [0.5, 0.6) is 11.5 Å². The number of aromatic amines is 1. The first-order valence-corrected chi connectivity index (χ1v) is 43.7. The predicted octanol–water partition coefficient (Wildman–Crippen LogP) is 1.72. The van der Waals surface area contributed by atoms with Gasteiger partial charge < -0.3 is 98.4 Å². The zero-order valence-electron chi connectivity index (χ0n) is 74.0. The zero-order valence-corrected chi connectivity index (χ0v) is 74.8. The van der Waals surface area contributed by atoms with Gasteiger partial charge in [0, 0.05) is 109 Å². The van der Waals surface area contributed by atoms with E-state index in [-0.39, 0.29) is 68.8 Å². The van der Waals surface area contributed by atoms with Crippen LogP contribution in [-0.2, 0) is 115 Å². The first-order valence-electron chi connectivity index (χ1n) is 42.5. The first-order chi connectivity index (χ1) is 61.4. The Hall–Kier alpha value is -13.7. The summed E-state index contributed by atoms with van der Waals surface area (Å²) in [4.78, 5) is 247. The number of fused-ring (bicyclic) bond motifs is 1. The summed E-state index contributed by atoms with van der Waals surface area (Å²) >= 11 is 0.817. The molecular weight excluding hydrogens is 1680 g/mol. The van der Waals surface area contributed by atoms with Crippen LogP contribution in [-0.4, -0.2) is 277 Å². The third-order valence-corrected chi connectivity index (χ3v) is 23.0. The number of likely N-dealkylation sites (N-methyl/N-ethyl adjacent to an activating group) is 5. The summed E-state index contributed by atoms with van der Waals surface area (Å²) in [5.41, 5.74) is 8.98. The minimum Gasteiger partial charge on any atom is -0.508 e. The van der Waals surface area contributed by atoms with Crippen LogP contribution in [0.1, 0.15) is 100 Å². The van der Waals surface area contributed by atoms with Gasteiger partial charge in [-0.2, -0.15) is 0 Å². The fourth-order valence-electron chi connectivity index (χ4n) is 14.9. The molecule has 0 radical (unpaired) electrons. The van der Waals surface area contributed by atoms with Gasteiger partial charge in [-0.05, 0) is 94.5 Å². The molecule has 11 atom stereocenters. The molecule has 37 heteroatoms. The number of carboxylic acids is 1. The summed E-state index contributed by atoms with van der Waals surface area (Å²) in [5, 5.41) is 55.5. The fourth-order valence-corrected chi connectivity index (χ4v) is 15.7. The van der Waals surface area contributed by atoms with E-state index in [1.165, 1.54) is 96.2 Å². The fraction of sp³-hybridized carbons (Fsp3) is 0.424. The van der Waals surface area contributed by atoms with Crippen LogP contribution < -0.4 is 53.6 Å². The third kappa shape index (κ3) is 30.5. The second-order valence-corrected chi connectivity index (χ2v) is 34.0. The van der Waals surface area contributed by atoms with Crippen molar-refractivity contribution in [2.24, 2.45) is 17.6 Å². The lowest BCUT2D eigenvalue weighted by Gasteiger charge is -2.37. The number of carbonyl (C=O) groups excluding carboxylic acids is 15. The van der Waals surface area contributed by atoms with E-state index in [4.69, 9.17) is 5.73 Å². The number of benzene rings is 5. The summed E-state index contributed by atoms with van der Waals surface area (Å²) in [6, 6.07) is 21.7.